The molecule has 128 valence electrons. The smallest absolute Gasteiger partial charge is 0.217 e. The highest BCUT2D eigenvalue weighted by molar-refractivity contribution is 5.27. The molecule has 3 rings (SSSR count). The van der Waals surface area contributed by atoms with Gasteiger partial charge in [0.25, 0.3) is 0 Å². The molecule has 0 aromatic carbocycles. The Morgan fingerprint density at radius 2 is 2.29 bits per heavy atom. The molecule has 0 amide bonds. The number of ether oxygens (including phenoxy) is 2. The summed E-state index contributed by atoms with van der Waals surface area (Å²) in [7, 11) is 3.70. The van der Waals surface area contributed by atoms with Crippen molar-refractivity contribution in [2.24, 2.45) is 7.05 Å². The minimum absolute atomic E-state index is 0.158. The summed E-state index contributed by atoms with van der Waals surface area (Å²) in [4.78, 5) is 11.2. The summed E-state index contributed by atoms with van der Waals surface area (Å²) in [6, 6.07) is 4.17. The van der Waals surface area contributed by atoms with Crippen LogP contribution in [0, 0.1) is 0 Å². The lowest BCUT2D eigenvalue weighted by atomic mass is 10.0. The van der Waals surface area contributed by atoms with Crippen molar-refractivity contribution in [1.29, 1.82) is 0 Å². The lowest BCUT2D eigenvalue weighted by Crippen LogP contribution is -2.38. The Labute approximate surface area is 142 Å². The summed E-state index contributed by atoms with van der Waals surface area (Å²) in [5, 5.41) is 0. The van der Waals surface area contributed by atoms with Crippen LogP contribution in [-0.4, -0.2) is 46.3 Å². The average molecular weight is 328 g/mol. The fourth-order valence-corrected chi connectivity index (χ4v) is 3.27. The second kappa shape index (κ2) is 7.59. The summed E-state index contributed by atoms with van der Waals surface area (Å²) >= 11 is 0. The quantitative estimate of drug-likeness (QED) is 0.576. The Hall–Kier alpha value is -2.18. The number of methoxy groups -OCH3 is 1. The van der Waals surface area contributed by atoms with Gasteiger partial charge in [0.2, 0.25) is 5.88 Å². The monoisotopic (exact) mass is 328 g/mol. The van der Waals surface area contributed by atoms with Crippen LogP contribution in [0.25, 0.3) is 0 Å². The zero-order chi connectivity index (χ0) is 16.9. The van der Waals surface area contributed by atoms with Crippen molar-refractivity contribution in [3.63, 3.8) is 0 Å². The molecule has 1 aliphatic heterocycles. The second-order valence-corrected chi connectivity index (χ2v) is 5.92. The standard InChI is InChI=1S/C18H24N4O2/c1-4-10-24-12-16-17-15(20-13-21(17)2)7-9-22(16)11-14-6-5-8-19-18(14)23-3/h4-6,8,13,16H,1,7,9-12H2,2-3H3. The fraction of sp³-hybridized carbons (Fsp3) is 0.444. The highest BCUT2D eigenvalue weighted by Crippen LogP contribution is 2.31. The van der Waals surface area contributed by atoms with Crippen molar-refractivity contribution in [2.75, 3.05) is 26.9 Å². The second-order valence-electron chi connectivity index (χ2n) is 5.92. The van der Waals surface area contributed by atoms with Gasteiger partial charge in [-0.25, -0.2) is 9.97 Å². The third-order valence-corrected chi connectivity index (χ3v) is 4.38. The molecule has 1 unspecified atom stereocenters. The van der Waals surface area contributed by atoms with Crippen molar-refractivity contribution >= 4 is 0 Å². The number of hydrogen-bond acceptors (Lipinski definition) is 5. The number of pyridine rings is 1. The average Bonchev–Trinajstić information content (AvgIpc) is 2.98. The van der Waals surface area contributed by atoms with E-state index in [-0.39, 0.29) is 6.04 Å². The Kier molecular flexibility index (Phi) is 5.27. The van der Waals surface area contributed by atoms with Crippen LogP contribution in [0.15, 0.2) is 37.3 Å². The first kappa shape index (κ1) is 16.7. The van der Waals surface area contributed by atoms with Gasteiger partial charge < -0.3 is 14.0 Å². The molecule has 2 aromatic rings. The van der Waals surface area contributed by atoms with E-state index in [9.17, 15) is 0 Å². The molecule has 6 nitrogen and oxygen atoms in total. The SMILES string of the molecule is C=CCOCC1c2c(ncn2C)CCN1Cc1cccnc1OC. The van der Waals surface area contributed by atoms with Crippen molar-refractivity contribution in [3.05, 3.63) is 54.3 Å². The number of aryl methyl sites for hydroxylation is 1. The van der Waals surface area contributed by atoms with E-state index in [2.05, 4.69) is 32.1 Å². The molecule has 2 aromatic heterocycles. The molecule has 0 fully saturated rings. The van der Waals surface area contributed by atoms with Crippen molar-refractivity contribution < 1.29 is 9.47 Å². The first-order chi connectivity index (χ1) is 11.7. The largest absolute Gasteiger partial charge is 0.481 e. The Bertz CT molecular complexity index is 698. The molecule has 0 radical (unpaired) electrons. The van der Waals surface area contributed by atoms with Crippen LogP contribution in [0.3, 0.4) is 0 Å². The minimum Gasteiger partial charge on any atom is -0.481 e. The molecule has 0 bridgehead atoms. The number of imidazole rings is 1. The van der Waals surface area contributed by atoms with Gasteiger partial charge in [-0.2, -0.15) is 0 Å². The zero-order valence-corrected chi connectivity index (χ0v) is 14.3. The fourth-order valence-electron chi connectivity index (χ4n) is 3.27. The van der Waals surface area contributed by atoms with Crippen molar-refractivity contribution in [3.8, 4) is 5.88 Å². The molecular formula is C18H24N4O2. The first-order valence-electron chi connectivity index (χ1n) is 8.15. The molecule has 1 atom stereocenters. The van der Waals surface area contributed by atoms with Gasteiger partial charge in [-0.3, -0.25) is 4.90 Å². The molecule has 0 aliphatic carbocycles. The van der Waals surface area contributed by atoms with Crippen LogP contribution in [-0.2, 0) is 24.8 Å². The van der Waals surface area contributed by atoms with Crippen molar-refractivity contribution in [1.82, 2.24) is 19.4 Å². The summed E-state index contributed by atoms with van der Waals surface area (Å²) in [6.07, 6.45) is 6.36. The number of rotatable bonds is 7. The lowest BCUT2D eigenvalue weighted by molar-refractivity contribution is 0.0581. The molecule has 1 aliphatic rings. The molecule has 6 heteroatoms. The van der Waals surface area contributed by atoms with E-state index in [1.807, 2.05) is 19.4 Å². The molecule has 0 N–H and O–H groups in total. The van der Waals surface area contributed by atoms with Crippen LogP contribution in [0.2, 0.25) is 0 Å². The predicted molar refractivity (Wildman–Crippen MR) is 91.9 cm³/mol. The molecule has 24 heavy (non-hydrogen) atoms. The van der Waals surface area contributed by atoms with E-state index in [4.69, 9.17) is 9.47 Å². The third-order valence-electron chi connectivity index (χ3n) is 4.38. The van der Waals surface area contributed by atoms with Gasteiger partial charge in [-0.1, -0.05) is 12.1 Å². The van der Waals surface area contributed by atoms with Crippen LogP contribution in [0.1, 0.15) is 23.0 Å². The van der Waals surface area contributed by atoms with E-state index in [0.717, 1.165) is 25.1 Å². The third kappa shape index (κ3) is 3.34. The highest BCUT2D eigenvalue weighted by atomic mass is 16.5. The normalized spacial score (nSPS) is 17.5. The molecule has 0 saturated carbocycles. The molecule has 0 saturated heterocycles. The molecule has 3 heterocycles. The Morgan fingerprint density at radius 3 is 3.08 bits per heavy atom. The lowest BCUT2D eigenvalue weighted by Gasteiger charge is -2.36. The van der Waals surface area contributed by atoms with Crippen LogP contribution >= 0.6 is 0 Å². The number of nitrogens with zero attached hydrogens (tertiary/aromatic N) is 4. The number of hydrogen-bond donors (Lipinski definition) is 0. The maximum Gasteiger partial charge on any atom is 0.217 e. The van der Waals surface area contributed by atoms with Crippen LogP contribution in [0.4, 0.5) is 0 Å². The summed E-state index contributed by atoms with van der Waals surface area (Å²) in [5.74, 6) is 0.680. The highest BCUT2D eigenvalue weighted by Gasteiger charge is 2.31. The van der Waals surface area contributed by atoms with Crippen LogP contribution in [0.5, 0.6) is 5.88 Å². The predicted octanol–water partition coefficient (Wildman–Crippen LogP) is 2.13. The first-order valence-corrected chi connectivity index (χ1v) is 8.15. The van der Waals surface area contributed by atoms with E-state index in [1.165, 1.54) is 11.4 Å². The number of fused-ring (bicyclic) bond motifs is 1. The maximum absolute atomic E-state index is 5.78. The van der Waals surface area contributed by atoms with E-state index >= 15 is 0 Å². The van der Waals surface area contributed by atoms with Gasteiger partial charge in [0.1, 0.15) is 0 Å². The number of aromatic nitrogens is 3. The van der Waals surface area contributed by atoms with E-state index < -0.39 is 0 Å². The van der Waals surface area contributed by atoms with E-state index in [1.54, 1.807) is 19.4 Å². The minimum atomic E-state index is 0.158. The Balaban J connectivity index is 1.85. The van der Waals surface area contributed by atoms with Gasteiger partial charge >= 0.3 is 0 Å². The van der Waals surface area contributed by atoms with Crippen molar-refractivity contribution in [2.45, 2.75) is 19.0 Å². The van der Waals surface area contributed by atoms with Gasteiger partial charge in [0.05, 0.1) is 44.1 Å². The van der Waals surface area contributed by atoms with Gasteiger partial charge in [-0.05, 0) is 6.07 Å². The summed E-state index contributed by atoms with van der Waals surface area (Å²) in [5.41, 5.74) is 3.48. The van der Waals surface area contributed by atoms with Gasteiger partial charge in [0, 0.05) is 38.3 Å². The van der Waals surface area contributed by atoms with Crippen LogP contribution < -0.4 is 4.74 Å². The van der Waals surface area contributed by atoms with Gasteiger partial charge in [0.15, 0.2) is 0 Å². The summed E-state index contributed by atoms with van der Waals surface area (Å²) < 4.78 is 13.3. The van der Waals surface area contributed by atoms with Gasteiger partial charge in [-0.15, -0.1) is 6.58 Å². The maximum atomic E-state index is 5.78. The molecular weight excluding hydrogens is 304 g/mol. The Morgan fingerprint density at radius 1 is 1.42 bits per heavy atom. The zero-order valence-electron chi connectivity index (χ0n) is 14.3. The topological polar surface area (TPSA) is 52.4 Å². The van der Waals surface area contributed by atoms with E-state index in [0.29, 0.717) is 19.1 Å². The summed E-state index contributed by atoms with van der Waals surface area (Å²) in [6.45, 7) is 6.59. The molecule has 0 spiro atoms.